The Hall–Kier alpha value is -1.84. The third kappa shape index (κ3) is 3.51. The van der Waals surface area contributed by atoms with Crippen molar-refractivity contribution in [1.29, 1.82) is 0 Å². The summed E-state index contributed by atoms with van der Waals surface area (Å²) in [6.45, 7) is 0. The van der Waals surface area contributed by atoms with Crippen LogP contribution in [0.25, 0.3) is 10.4 Å². The van der Waals surface area contributed by atoms with Crippen LogP contribution in [-0.2, 0) is 14.3 Å². The van der Waals surface area contributed by atoms with Crippen molar-refractivity contribution in [2.45, 2.75) is 37.5 Å². The topological polar surface area (TPSA) is 105 Å². The number of methoxy groups -OCH3 is 1. The zero-order valence-corrected chi connectivity index (χ0v) is 16.6. The Morgan fingerprint density at radius 2 is 2.15 bits per heavy atom. The Balaban J connectivity index is 1.80. The normalized spacial score (nSPS) is 27.5. The van der Waals surface area contributed by atoms with Crippen molar-refractivity contribution in [3.05, 3.63) is 37.8 Å². The number of esters is 2. The molecule has 4 atom stereocenters. The summed E-state index contributed by atoms with van der Waals surface area (Å²) < 4.78 is 11.3. The van der Waals surface area contributed by atoms with Gasteiger partial charge in [-0.05, 0) is 60.1 Å². The molecule has 2 aliphatic rings. The van der Waals surface area contributed by atoms with Gasteiger partial charge in [-0.25, -0.2) is 4.79 Å². The predicted molar refractivity (Wildman–Crippen MR) is 102 cm³/mol. The molecule has 2 heterocycles. The maximum atomic E-state index is 12.6. The quantitative estimate of drug-likeness (QED) is 0.221. The molecule has 2 aliphatic heterocycles. The molecule has 0 aliphatic carbocycles. The van der Waals surface area contributed by atoms with Crippen LogP contribution >= 0.6 is 22.6 Å². The van der Waals surface area contributed by atoms with Crippen LogP contribution < -0.4 is 0 Å². The van der Waals surface area contributed by atoms with Gasteiger partial charge in [-0.3, -0.25) is 9.69 Å². The minimum absolute atomic E-state index is 0.0338. The average Bonchev–Trinajstić information content (AvgIpc) is 2.86. The van der Waals surface area contributed by atoms with Crippen molar-refractivity contribution in [3.8, 4) is 0 Å². The summed E-state index contributed by atoms with van der Waals surface area (Å²) in [7, 11) is 3.37. The first-order valence-corrected chi connectivity index (χ1v) is 9.39. The van der Waals surface area contributed by atoms with E-state index >= 15 is 0 Å². The number of fused-ring (bicyclic) bond motifs is 2. The lowest BCUT2D eigenvalue weighted by Crippen LogP contribution is -2.53. The summed E-state index contributed by atoms with van der Waals surface area (Å²) in [4.78, 5) is 29.9. The van der Waals surface area contributed by atoms with Gasteiger partial charge in [0, 0.05) is 27.0 Å². The van der Waals surface area contributed by atoms with E-state index in [9.17, 15) is 9.59 Å². The number of nitrogens with zero attached hydrogens (tertiary/aromatic N) is 4. The van der Waals surface area contributed by atoms with Gasteiger partial charge in [-0.2, -0.15) is 0 Å². The molecule has 26 heavy (non-hydrogen) atoms. The Morgan fingerprint density at radius 1 is 1.38 bits per heavy atom. The molecule has 8 nitrogen and oxygen atoms in total. The van der Waals surface area contributed by atoms with Crippen molar-refractivity contribution >= 4 is 40.2 Å². The number of hydrogen-bond donors (Lipinski definition) is 0. The van der Waals surface area contributed by atoms with Crippen LogP contribution in [0.5, 0.6) is 0 Å². The molecule has 2 bridgehead atoms. The molecule has 0 spiro atoms. The molecule has 1 aromatic carbocycles. The first-order chi connectivity index (χ1) is 12.5. The first-order valence-electron chi connectivity index (χ1n) is 8.31. The van der Waals surface area contributed by atoms with Gasteiger partial charge < -0.3 is 9.47 Å². The molecule has 138 valence electrons. The van der Waals surface area contributed by atoms with Gasteiger partial charge >= 0.3 is 11.9 Å². The van der Waals surface area contributed by atoms with Crippen LogP contribution in [0.3, 0.4) is 0 Å². The molecular formula is C17H19IN4O4. The molecule has 3 rings (SSSR count). The second kappa shape index (κ2) is 7.81. The van der Waals surface area contributed by atoms with Crippen LogP contribution in [-0.4, -0.2) is 49.2 Å². The Morgan fingerprint density at radius 3 is 2.81 bits per heavy atom. The minimum atomic E-state index is -0.502. The van der Waals surface area contributed by atoms with E-state index in [1.54, 1.807) is 18.2 Å². The third-order valence-corrected chi connectivity index (χ3v) is 6.15. The molecule has 2 saturated heterocycles. The summed E-state index contributed by atoms with van der Waals surface area (Å²) in [5.41, 5.74) is 9.35. The molecular weight excluding hydrogens is 451 g/mol. The highest BCUT2D eigenvalue weighted by atomic mass is 127. The minimum Gasteiger partial charge on any atom is -0.469 e. The van der Waals surface area contributed by atoms with Gasteiger partial charge in [0.2, 0.25) is 0 Å². The van der Waals surface area contributed by atoms with E-state index in [-0.39, 0.29) is 12.0 Å². The fourth-order valence-electron chi connectivity index (χ4n) is 3.96. The van der Waals surface area contributed by atoms with E-state index in [0.717, 1.165) is 12.8 Å². The molecule has 0 N–H and O–H groups in total. The zero-order chi connectivity index (χ0) is 18.8. The molecule has 0 amide bonds. The number of benzene rings is 1. The number of carbonyl (C=O) groups is 2. The first kappa shape index (κ1) is 18.9. The molecule has 9 heteroatoms. The summed E-state index contributed by atoms with van der Waals surface area (Å²) in [5.74, 6) is -1.30. The molecule has 0 radical (unpaired) electrons. The van der Waals surface area contributed by atoms with Crippen molar-refractivity contribution in [3.63, 3.8) is 0 Å². The maximum absolute atomic E-state index is 12.6. The molecule has 2 fully saturated rings. The lowest BCUT2D eigenvalue weighted by molar-refractivity contribution is -0.156. The lowest BCUT2D eigenvalue weighted by atomic mass is 9.87. The number of carbonyl (C=O) groups excluding carboxylic acids is 2. The number of halogens is 1. The fraction of sp³-hybridized carbons (Fsp3) is 0.529. The number of ether oxygens (including phenoxy) is 2. The lowest BCUT2D eigenvalue weighted by Gasteiger charge is -2.40. The van der Waals surface area contributed by atoms with Gasteiger partial charge in [0.25, 0.3) is 0 Å². The highest BCUT2D eigenvalue weighted by molar-refractivity contribution is 14.1. The molecule has 2 unspecified atom stereocenters. The second-order valence-electron chi connectivity index (χ2n) is 6.55. The van der Waals surface area contributed by atoms with Crippen LogP contribution in [0.1, 0.15) is 29.6 Å². The number of azide groups is 1. The Bertz CT molecular complexity index is 780. The Labute approximate surface area is 164 Å². The second-order valence-corrected chi connectivity index (χ2v) is 7.71. The number of hydrogen-bond acceptors (Lipinski definition) is 6. The van der Waals surface area contributed by atoms with E-state index in [4.69, 9.17) is 15.0 Å². The maximum Gasteiger partial charge on any atom is 0.338 e. The third-order valence-electron chi connectivity index (χ3n) is 5.28. The van der Waals surface area contributed by atoms with Gasteiger partial charge in [0.15, 0.2) is 0 Å². The van der Waals surface area contributed by atoms with Crippen LogP contribution in [0.4, 0.5) is 5.69 Å². The predicted octanol–water partition coefficient (Wildman–Crippen LogP) is 3.41. The van der Waals surface area contributed by atoms with E-state index in [0.29, 0.717) is 27.3 Å². The smallest absolute Gasteiger partial charge is 0.338 e. The van der Waals surface area contributed by atoms with Crippen molar-refractivity contribution in [2.75, 3.05) is 14.2 Å². The fourth-order valence-corrected chi connectivity index (χ4v) is 4.58. The van der Waals surface area contributed by atoms with Crippen molar-refractivity contribution in [2.24, 2.45) is 11.0 Å². The van der Waals surface area contributed by atoms with Gasteiger partial charge in [-0.15, -0.1) is 0 Å². The highest BCUT2D eigenvalue weighted by Gasteiger charge is 2.51. The van der Waals surface area contributed by atoms with Crippen molar-refractivity contribution < 1.29 is 19.1 Å². The van der Waals surface area contributed by atoms with Gasteiger partial charge in [0.05, 0.1) is 18.4 Å². The summed E-state index contributed by atoms with van der Waals surface area (Å²) in [6.07, 6.45) is 2.00. The summed E-state index contributed by atoms with van der Waals surface area (Å²) >= 11 is 2.00. The average molecular weight is 470 g/mol. The van der Waals surface area contributed by atoms with E-state index in [1.807, 2.05) is 29.6 Å². The number of piperidine rings is 1. The van der Waals surface area contributed by atoms with Crippen LogP contribution in [0, 0.1) is 9.49 Å². The van der Waals surface area contributed by atoms with Crippen LogP contribution in [0.15, 0.2) is 23.3 Å². The number of rotatable bonds is 4. The van der Waals surface area contributed by atoms with Gasteiger partial charge in [0.1, 0.15) is 12.0 Å². The summed E-state index contributed by atoms with van der Waals surface area (Å²) in [6, 6.07) is 5.10. The Kier molecular flexibility index (Phi) is 5.69. The molecule has 1 aromatic rings. The summed E-state index contributed by atoms with van der Waals surface area (Å²) in [5, 5.41) is 3.56. The standard InChI is InChI=1S/C17H19IN4O4/c1-22-10-4-6-13(22)15(17(24)25-2)14(8-10)26-16(23)9-3-5-12(20-21-19)11(18)7-9/h3,5,7,10,13-15H,4,6,8H2,1-2H3/t10-,13?,14+,15?/m1/s1. The van der Waals surface area contributed by atoms with Crippen LogP contribution in [0.2, 0.25) is 0 Å². The largest absolute Gasteiger partial charge is 0.469 e. The SMILES string of the molecule is COC(=O)C1C2CC[C@H](C[C@@H]1OC(=O)c1ccc(N=[N+]=[N-])c(I)c1)N2C. The monoisotopic (exact) mass is 470 g/mol. The van der Waals surface area contributed by atoms with E-state index in [1.165, 1.54) is 7.11 Å². The van der Waals surface area contributed by atoms with Gasteiger partial charge in [-0.1, -0.05) is 11.2 Å². The highest BCUT2D eigenvalue weighted by Crippen LogP contribution is 2.40. The van der Waals surface area contributed by atoms with E-state index < -0.39 is 18.0 Å². The molecule has 0 aromatic heterocycles. The van der Waals surface area contributed by atoms with E-state index in [2.05, 4.69) is 14.9 Å². The molecule has 0 saturated carbocycles. The zero-order valence-electron chi connectivity index (χ0n) is 14.5. The van der Waals surface area contributed by atoms with Crippen molar-refractivity contribution in [1.82, 2.24) is 4.90 Å².